The Morgan fingerprint density at radius 2 is 2.24 bits per heavy atom. The number of rotatable bonds is 6. The summed E-state index contributed by atoms with van der Waals surface area (Å²) in [7, 11) is 0. The minimum absolute atomic E-state index is 0.111. The topological polar surface area (TPSA) is 60.2 Å². The van der Waals surface area contributed by atoms with Crippen molar-refractivity contribution in [2.75, 3.05) is 13.2 Å². The Kier molecular flexibility index (Phi) is 5.52. The Hall–Kier alpha value is -0.490. The number of nitrogens with zero attached hydrogens (tertiary/aromatic N) is 1. The minimum Gasteiger partial charge on any atom is -0.380 e. The van der Waals surface area contributed by atoms with Gasteiger partial charge >= 0.3 is 0 Å². The summed E-state index contributed by atoms with van der Waals surface area (Å²) in [4.78, 5) is 4.64. The molecular weight excluding hydrogens is 234 g/mol. The Bertz CT molecular complexity index is 333. The average molecular weight is 257 g/mol. The lowest BCUT2D eigenvalue weighted by Crippen LogP contribution is -2.40. The smallest absolute Gasteiger partial charge is 0.0945 e. The van der Waals surface area contributed by atoms with Gasteiger partial charge in [0.25, 0.3) is 0 Å². The number of nitrogens with one attached hydrogen (secondary N) is 1. The van der Waals surface area contributed by atoms with Crippen molar-refractivity contribution in [3.05, 3.63) is 16.1 Å². The molecule has 0 saturated heterocycles. The van der Waals surface area contributed by atoms with Crippen molar-refractivity contribution in [1.82, 2.24) is 10.4 Å². The lowest BCUT2D eigenvalue weighted by atomic mass is 9.93. The van der Waals surface area contributed by atoms with Gasteiger partial charge in [0.2, 0.25) is 0 Å². The summed E-state index contributed by atoms with van der Waals surface area (Å²) in [6.45, 7) is 9.83. The van der Waals surface area contributed by atoms with Gasteiger partial charge in [0.15, 0.2) is 0 Å². The molecule has 0 aromatic carbocycles. The summed E-state index contributed by atoms with van der Waals surface area (Å²) in [5.41, 5.74) is 4.03. The van der Waals surface area contributed by atoms with Crippen molar-refractivity contribution in [2.24, 2.45) is 5.84 Å². The second kappa shape index (κ2) is 6.44. The molecular formula is C12H23N3OS. The highest BCUT2D eigenvalue weighted by molar-refractivity contribution is 7.09. The lowest BCUT2D eigenvalue weighted by Gasteiger charge is -2.15. The van der Waals surface area contributed by atoms with Crippen LogP contribution < -0.4 is 11.3 Å². The Morgan fingerprint density at radius 3 is 2.71 bits per heavy atom. The van der Waals surface area contributed by atoms with Crippen LogP contribution in [0.5, 0.6) is 0 Å². The molecule has 3 N–H and O–H groups in total. The predicted octanol–water partition coefficient (Wildman–Crippen LogP) is 1.85. The molecule has 0 amide bonds. The fraction of sp³-hybridized carbons (Fsp3) is 0.750. The van der Waals surface area contributed by atoms with Crippen molar-refractivity contribution >= 4 is 11.3 Å². The van der Waals surface area contributed by atoms with Gasteiger partial charge in [0, 0.05) is 23.8 Å². The molecule has 4 nitrogen and oxygen atoms in total. The first-order valence-corrected chi connectivity index (χ1v) is 6.84. The van der Waals surface area contributed by atoms with Gasteiger partial charge in [-0.25, -0.2) is 4.98 Å². The zero-order valence-electron chi connectivity index (χ0n) is 11.1. The van der Waals surface area contributed by atoms with Crippen molar-refractivity contribution in [3.8, 4) is 0 Å². The molecule has 0 aliphatic carbocycles. The molecule has 1 heterocycles. The van der Waals surface area contributed by atoms with E-state index in [1.807, 2.05) is 6.92 Å². The Balaban J connectivity index is 2.58. The molecule has 5 heteroatoms. The number of hydrogen-bond donors (Lipinski definition) is 2. The highest BCUT2D eigenvalue weighted by Crippen LogP contribution is 2.24. The van der Waals surface area contributed by atoms with Crippen LogP contribution in [0.25, 0.3) is 0 Å². The van der Waals surface area contributed by atoms with E-state index in [4.69, 9.17) is 10.6 Å². The average Bonchev–Trinajstić information content (AvgIpc) is 2.72. The molecule has 1 aromatic heterocycles. The number of hydrazine groups is 1. The third-order valence-corrected chi connectivity index (χ3v) is 3.37. The molecule has 0 radical (unpaired) electrons. The highest BCUT2D eigenvalue weighted by Gasteiger charge is 2.18. The standard InChI is InChI=1S/C12H23N3OS/c1-5-16-7-9(15-13)6-11-14-10(8-17-11)12(2,3)4/h8-9,15H,5-7,13H2,1-4H3. The van der Waals surface area contributed by atoms with Crippen molar-refractivity contribution in [1.29, 1.82) is 0 Å². The fourth-order valence-corrected chi connectivity index (χ4v) is 2.49. The van der Waals surface area contributed by atoms with Gasteiger partial charge in [0.1, 0.15) is 0 Å². The van der Waals surface area contributed by atoms with E-state index in [0.29, 0.717) is 13.2 Å². The van der Waals surface area contributed by atoms with E-state index in [2.05, 4.69) is 36.6 Å². The molecule has 17 heavy (non-hydrogen) atoms. The number of hydrogen-bond acceptors (Lipinski definition) is 5. The lowest BCUT2D eigenvalue weighted by molar-refractivity contribution is 0.123. The zero-order chi connectivity index (χ0) is 12.9. The van der Waals surface area contributed by atoms with Crippen molar-refractivity contribution in [2.45, 2.75) is 45.6 Å². The van der Waals surface area contributed by atoms with E-state index in [1.54, 1.807) is 11.3 Å². The van der Waals surface area contributed by atoms with Gasteiger partial charge in [-0.05, 0) is 6.92 Å². The Morgan fingerprint density at radius 1 is 1.53 bits per heavy atom. The van der Waals surface area contributed by atoms with Crippen LogP contribution in [0.2, 0.25) is 0 Å². The number of nitrogens with two attached hydrogens (primary N) is 1. The van der Waals surface area contributed by atoms with E-state index in [1.165, 1.54) is 0 Å². The maximum absolute atomic E-state index is 5.50. The quantitative estimate of drug-likeness (QED) is 0.603. The maximum atomic E-state index is 5.50. The fourth-order valence-electron chi connectivity index (χ4n) is 1.39. The summed E-state index contributed by atoms with van der Waals surface area (Å²) < 4.78 is 5.37. The van der Waals surface area contributed by atoms with E-state index >= 15 is 0 Å². The summed E-state index contributed by atoms with van der Waals surface area (Å²) in [5, 5.41) is 3.24. The molecule has 1 aromatic rings. The molecule has 0 bridgehead atoms. The van der Waals surface area contributed by atoms with Gasteiger partial charge in [-0.2, -0.15) is 0 Å². The highest BCUT2D eigenvalue weighted by atomic mass is 32.1. The zero-order valence-corrected chi connectivity index (χ0v) is 11.9. The van der Waals surface area contributed by atoms with E-state index in [0.717, 1.165) is 17.1 Å². The molecule has 0 aliphatic heterocycles. The number of aromatic nitrogens is 1. The Labute approximate surface area is 108 Å². The van der Waals surface area contributed by atoms with Crippen LogP contribution in [-0.2, 0) is 16.6 Å². The molecule has 0 spiro atoms. The van der Waals surface area contributed by atoms with Crippen molar-refractivity contribution < 1.29 is 4.74 Å². The first-order valence-electron chi connectivity index (χ1n) is 5.96. The predicted molar refractivity (Wildman–Crippen MR) is 72.1 cm³/mol. The van der Waals surface area contributed by atoms with Gasteiger partial charge in [-0.3, -0.25) is 11.3 Å². The first kappa shape index (κ1) is 14.6. The van der Waals surface area contributed by atoms with E-state index in [-0.39, 0.29) is 11.5 Å². The van der Waals surface area contributed by atoms with Gasteiger partial charge in [-0.15, -0.1) is 11.3 Å². The molecule has 1 unspecified atom stereocenters. The molecule has 1 atom stereocenters. The van der Waals surface area contributed by atoms with Crippen LogP contribution in [0.15, 0.2) is 5.38 Å². The number of thiazole rings is 1. The van der Waals surface area contributed by atoms with Crippen LogP contribution in [0, 0.1) is 0 Å². The monoisotopic (exact) mass is 257 g/mol. The van der Waals surface area contributed by atoms with E-state index in [9.17, 15) is 0 Å². The van der Waals surface area contributed by atoms with Crippen molar-refractivity contribution in [3.63, 3.8) is 0 Å². The largest absolute Gasteiger partial charge is 0.380 e. The van der Waals surface area contributed by atoms with Gasteiger partial charge in [-0.1, -0.05) is 20.8 Å². The van der Waals surface area contributed by atoms with Crippen LogP contribution >= 0.6 is 11.3 Å². The molecule has 1 rings (SSSR count). The summed E-state index contributed by atoms with van der Waals surface area (Å²) in [6.07, 6.45) is 0.817. The molecule has 0 aliphatic rings. The third-order valence-electron chi connectivity index (χ3n) is 2.50. The molecule has 0 saturated carbocycles. The summed E-state index contributed by atoms with van der Waals surface area (Å²) in [5.74, 6) is 5.50. The van der Waals surface area contributed by atoms with Crippen LogP contribution in [0.3, 0.4) is 0 Å². The minimum atomic E-state index is 0.111. The number of ether oxygens (including phenoxy) is 1. The maximum Gasteiger partial charge on any atom is 0.0945 e. The van der Waals surface area contributed by atoms with E-state index < -0.39 is 0 Å². The summed E-state index contributed by atoms with van der Waals surface area (Å²) in [6, 6.07) is 0.133. The second-order valence-electron chi connectivity index (χ2n) is 5.10. The van der Waals surface area contributed by atoms with Crippen LogP contribution in [-0.4, -0.2) is 24.2 Å². The molecule has 98 valence electrons. The second-order valence-corrected chi connectivity index (χ2v) is 6.05. The van der Waals surface area contributed by atoms with Crippen LogP contribution in [0.1, 0.15) is 38.4 Å². The van der Waals surface area contributed by atoms with Crippen LogP contribution in [0.4, 0.5) is 0 Å². The molecule has 0 fully saturated rings. The SMILES string of the molecule is CCOCC(Cc1nc(C(C)(C)C)cs1)NN. The first-order chi connectivity index (χ1) is 7.97. The normalized spacial score (nSPS) is 13.9. The van der Waals surface area contributed by atoms with Gasteiger partial charge in [0.05, 0.1) is 23.4 Å². The summed E-state index contributed by atoms with van der Waals surface area (Å²) >= 11 is 1.69. The third kappa shape index (κ3) is 4.71. The van der Waals surface area contributed by atoms with Gasteiger partial charge < -0.3 is 4.74 Å².